The molecule has 0 fully saturated rings. The normalized spacial score (nSPS) is 12.2. The number of fused-ring (bicyclic) bond motifs is 1. The lowest BCUT2D eigenvalue weighted by atomic mass is 10.1. The fourth-order valence-corrected chi connectivity index (χ4v) is 3.27. The molecule has 26 heavy (non-hydrogen) atoms. The average Bonchev–Trinajstić information content (AvgIpc) is 3.01. The maximum absolute atomic E-state index is 6.03. The molecule has 0 aliphatic carbocycles. The molecule has 3 aromatic carbocycles. The van der Waals surface area contributed by atoms with Crippen LogP contribution < -0.4 is 10.5 Å². The summed E-state index contributed by atoms with van der Waals surface area (Å²) in [6.45, 7) is 2.04. The Labute approximate surface area is 153 Å². The van der Waals surface area contributed by atoms with Crippen LogP contribution in [0.15, 0.2) is 85.1 Å². The molecule has 130 valence electrons. The van der Waals surface area contributed by atoms with E-state index in [4.69, 9.17) is 10.5 Å². The largest absolute Gasteiger partial charge is 0.457 e. The second-order valence-electron chi connectivity index (χ2n) is 6.63. The number of hydrogen-bond donors (Lipinski definition) is 1. The van der Waals surface area contributed by atoms with Crippen molar-refractivity contribution in [1.29, 1.82) is 0 Å². The first-order valence-corrected chi connectivity index (χ1v) is 8.88. The molecular formula is C23H22N2O. The fraction of sp³-hybridized carbons (Fsp3) is 0.130. The van der Waals surface area contributed by atoms with Gasteiger partial charge in [0.25, 0.3) is 0 Å². The van der Waals surface area contributed by atoms with E-state index in [1.54, 1.807) is 0 Å². The summed E-state index contributed by atoms with van der Waals surface area (Å²) < 4.78 is 8.11. The van der Waals surface area contributed by atoms with Gasteiger partial charge in [-0.05, 0) is 61.4 Å². The van der Waals surface area contributed by atoms with E-state index in [0.717, 1.165) is 23.6 Å². The van der Waals surface area contributed by atoms with Crippen molar-refractivity contribution in [2.45, 2.75) is 19.4 Å². The third-order valence-corrected chi connectivity index (χ3v) is 4.43. The molecule has 1 aromatic heterocycles. The Morgan fingerprint density at radius 1 is 0.846 bits per heavy atom. The summed E-state index contributed by atoms with van der Waals surface area (Å²) in [5.74, 6) is 1.66. The van der Waals surface area contributed by atoms with Gasteiger partial charge in [-0.2, -0.15) is 0 Å². The monoisotopic (exact) mass is 342 g/mol. The van der Waals surface area contributed by atoms with Crippen LogP contribution in [0.3, 0.4) is 0 Å². The minimum atomic E-state index is 0.135. The van der Waals surface area contributed by atoms with Crippen molar-refractivity contribution >= 4 is 10.9 Å². The van der Waals surface area contributed by atoms with E-state index in [1.165, 1.54) is 16.5 Å². The summed E-state index contributed by atoms with van der Waals surface area (Å²) in [5.41, 5.74) is 9.61. The summed E-state index contributed by atoms with van der Waals surface area (Å²) in [6.07, 6.45) is 3.06. The van der Waals surface area contributed by atoms with Gasteiger partial charge in [-0.15, -0.1) is 0 Å². The Morgan fingerprint density at radius 2 is 1.50 bits per heavy atom. The maximum atomic E-state index is 6.03. The first-order valence-electron chi connectivity index (χ1n) is 8.88. The standard InChI is InChI=1S/C23H22N2O/c1-17(24)15-18-16-25(23-10-6-5-9-22(18)23)19-11-13-21(14-12-19)26-20-7-3-2-4-8-20/h2-14,16-17H,15,24H2,1H3. The van der Waals surface area contributed by atoms with Crippen molar-refractivity contribution in [2.75, 3.05) is 0 Å². The molecule has 0 bridgehead atoms. The van der Waals surface area contributed by atoms with Gasteiger partial charge in [-0.1, -0.05) is 36.4 Å². The minimum Gasteiger partial charge on any atom is -0.457 e. The summed E-state index contributed by atoms with van der Waals surface area (Å²) in [5, 5.41) is 1.26. The van der Waals surface area contributed by atoms with Crippen LogP contribution >= 0.6 is 0 Å². The van der Waals surface area contributed by atoms with Gasteiger partial charge in [0.1, 0.15) is 11.5 Å². The second-order valence-corrected chi connectivity index (χ2v) is 6.63. The first-order chi connectivity index (χ1) is 12.7. The summed E-state index contributed by atoms with van der Waals surface area (Å²) in [6, 6.07) is 26.6. The number of nitrogens with two attached hydrogens (primary N) is 1. The Hall–Kier alpha value is -3.04. The zero-order valence-electron chi connectivity index (χ0n) is 14.8. The molecule has 0 spiro atoms. The highest BCUT2D eigenvalue weighted by atomic mass is 16.5. The van der Waals surface area contributed by atoms with E-state index >= 15 is 0 Å². The highest BCUT2D eigenvalue weighted by molar-refractivity contribution is 5.85. The van der Waals surface area contributed by atoms with Gasteiger partial charge in [-0.3, -0.25) is 0 Å². The maximum Gasteiger partial charge on any atom is 0.127 e. The molecule has 1 atom stereocenters. The van der Waals surface area contributed by atoms with Crippen molar-refractivity contribution in [3.8, 4) is 17.2 Å². The molecule has 2 N–H and O–H groups in total. The number of aromatic nitrogens is 1. The van der Waals surface area contributed by atoms with Gasteiger partial charge in [0.2, 0.25) is 0 Å². The van der Waals surface area contributed by atoms with Gasteiger partial charge in [0.15, 0.2) is 0 Å². The molecule has 1 heterocycles. The molecular weight excluding hydrogens is 320 g/mol. The molecule has 4 rings (SSSR count). The van der Waals surface area contributed by atoms with Crippen LogP contribution in [0.1, 0.15) is 12.5 Å². The van der Waals surface area contributed by atoms with E-state index in [2.05, 4.69) is 47.2 Å². The van der Waals surface area contributed by atoms with Gasteiger partial charge in [0, 0.05) is 23.3 Å². The lowest BCUT2D eigenvalue weighted by Crippen LogP contribution is -2.17. The molecule has 4 aromatic rings. The van der Waals surface area contributed by atoms with Crippen molar-refractivity contribution in [2.24, 2.45) is 5.73 Å². The van der Waals surface area contributed by atoms with Crippen molar-refractivity contribution in [3.05, 3.63) is 90.6 Å². The molecule has 0 aliphatic rings. The topological polar surface area (TPSA) is 40.2 Å². The van der Waals surface area contributed by atoms with E-state index in [9.17, 15) is 0 Å². The lowest BCUT2D eigenvalue weighted by molar-refractivity contribution is 0.482. The number of nitrogens with zero attached hydrogens (tertiary/aromatic N) is 1. The smallest absolute Gasteiger partial charge is 0.127 e. The summed E-state index contributed by atoms with van der Waals surface area (Å²) in [7, 11) is 0. The van der Waals surface area contributed by atoms with Gasteiger partial charge in [0.05, 0.1) is 5.52 Å². The highest BCUT2D eigenvalue weighted by Crippen LogP contribution is 2.28. The first kappa shape index (κ1) is 16.4. The van der Waals surface area contributed by atoms with E-state index in [0.29, 0.717) is 0 Å². The van der Waals surface area contributed by atoms with Gasteiger partial charge in [-0.25, -0.2) is 0 Å². The summed E-state index contributed by atoms with van der Waals surface area (Å²) in [4.78, 5) is 0. The molecule has 0 radical (unpaired) electrons. The molecule has 0 saturated carbocycles. The number of para-hydroxylation sites is 2. The molecule has 0 aliphatic heterocycles. The summed E-state index contributed by atoms with van der Waals surface area (Å²) >= 11 is 0. The molecule has 3 nitrogen and oxygen atoms in total. The molecule has 0 amide bonds. The third-order valence-electron chi connectivity index (χ3n) is 4.43. The number of rotatable bonds is 5. The Kier molecular flexibility index (Phi) is 4.46. The quantitative estimate of drug-likeness (QED) is 0.534. The van der Waals surface area contributed by atoms with E-state index < -0.39 is 0 Å². The zero-order valence-corrected chi connectivity index (χ0v) is 14.8. The minimum absolute atomic E-state index is 0.135. The zero-order chi connectivity index (χ0) is 17.9. The lowest BCUT2D eigenvalue weighted by Gasteiger charge is -2.08. The Balaban J connectivity index is 1.67. The Morgan fingerprint density at radius 3 is 2.23 bits per heavy atom. The Bertz CT molecular complexity index is 1000. The van der Waals surface area contributed by atoms with Crippen LogP contribution in [0.4, 0.5) is 0 Å². The average molecular weight is 342 g/mol. The SMILES string of the molecule is CC(N)Cc1cn(-c2ccc(Oc3ccccc3)cc2)c2ccccc12. The van der Waals surface area contributed by atoms with Crippen molar-refractivity contribution in [1.82, 2.24) is 4.57 Å². The predicted octanol–water partition coefficient (Wildman–Crippen LogP) is 5.31. The predicted molar refractivity (Wildman–Crippen MR) is 107 cm³/mol. The number of hydrogen-bond acceptors (Lipinski definition) is 2. The van der Waals surface area contributed by atoms with Crippen molar-refractivity contribution < 1.29 is 4.74 Å². The van der Waals surface area contributed by atoms with Crippen molar-refractivity contribution in [3.63, 3.8) is 0 Å². The van der Waals surface area contributed by atoms with Crippen LogP contribution in [0.2, 0.25) is 0 Å². The molecule has 1 unspecified atom stereocenters. The van der Waals surface area contributed by atoms with Crippen LogP contribution in [0.25, 0.3) is 16.6 Å². The van der Waals surface area contributed by atoms with Gasteiger partial charge < -0.3 is 15.0 Å². The van der Waals surface area contributed by atoms with Crippen LogP contribution in [0.5, 0.6) is 11.5 Å². The number of ether oxygens (including phenoxy) is 1. The highest BCUT2D eigenvalue weighted by Gasteiger charge is 2.11. The van der Waals surface area contributed by atoms with E-state index in [-0.39, 0.29) is 6.04 Å². The second kappa shape index (κ2) is 7.06. The molecule has 3 heteroatoms. The van der Waals surface area contributed by atoms with Crippen LogP contribution in [-0.4, -0.2) is 10.6 Å². The molecule has 0 saturated heterocycles. The van der Waals surface area contributed by atoms with Crippen LogP contribution in [-0.2, 0) is 6.42 Å². The van der Waals surface area contributed by atoms with Crippen LogP contribution in [0, 0.1) is 0 Å². The van der Waals surface area contributed by atoms with Gasteiger partial charge >= 0.3 is 0 Å². The van der Waals surface area contributed by atoms with E-state index in [1.807, 2.05) is 49.4 Å². The fourth-order valence-electron chi connectivity index (χ4n) is 3.27. The third kappa shape index (κ3) is 3.35. The number of benzene rings is 3.